The van der Waals surface area contributed by atoms with Gasteiger partial charge in [-0.25, -0.2) is 4.79 Å². The van der Waals surface area contributed by atoms with E-state index in [9.17, 15) is 9.59 Å². The van der Waals surface area contributed by atoms with Crippen LogP contribution in [0.3, 0.4) is 0 Å². The lowest BCUT2D eigenvalue weighted by molar-refractivity contribution is -0.132. The van der Waals surface area contributed by atoms with E-state index in [1.54, 1.807) is 4.90 Å². The fourth-order valence-electron chi connectivity index (χ4n) is 4.67. The van der Waals surface area contributed by atoms with Gasteiger partial charge in [0.05, 0.1) is 0 Å². The normalized spacial score (nSPS) is 11.1. The quantitative estimate of drug-likeness (QED) is 0.254. The number of hydrogen-bond donors (Lipinski definition) is 2. The molecule has 6 nitrogen and oxygen atoms in total. The molecular weight excluding hydrogens is 472 g/mol. The third kappa shape index (κ3) is 6.62. The molecule has 3 aromatic carbocycles. The second-order valence-corrected chi connectivity index (χ2v) is 10.1. The van der Waals surface area contributed by atoms with Crippen LogP contribution in [0.25, 0.3) is 10.9 Å². The van der Waals surface area contributed by atoms with E-state index in [-0.39, 0.29) is 24.5 Å². The van der Waals surface area contributed by atoms with Gasteiger partial charge in [0.15, 0.2) is 0 Å². The summed E-state index contributed by atoms with van der Waals surface area (Å²) in [6.07, 6.45) is 3.56. The molecule has 0 unspecified atom stereocenters. The Bertz CT molecular complexity index is 1370. The monoisotopic (exact) mass is 510 g/mol. The number of carbonyl (C=O) groups is 2. The molecule has 2 N–H and O–H groups in total. The molecule has 198 valence electrons. The highest BCUT2D eigenvalue weighted by atomic mass is 16.2. The number of carbonyl (C=O) groups excluding carboxylic acids is 2. The van der Waals surface area contributed by atoms with Gasteiger partial charge in [-0.15, -0.1) is 0 Å². The number of anilines is 1. The molecule has 38 heavy (non-hydrogen) atoms. The zero-order valence-electron chi connectivity index (χ0n) is 22.8. The van der Waals surface area contributed by atoms with Crippen molar-refractivity contribution in [1.29, 1.82) is 0 Å². The minimum absolute atomic E-state index is 0.0114. The van der Waals surface area contributed by atoms with Gasteiger partial charge in [-0.1, -0.05) is 73.2 Å². The van der Waals surface area contributed by atoms with Crippen molar-refractivity contribution >= 4 is 28.5 Å². The zero-order valence-corrected chi connectivity index (χ0v) is 22.8. The molecule has 0 aliphatic rings. The summed E-state index contributed by atoms with van der Waals surface area (Å²) in [4.78, 5) is 33.8. The van der Waals surface area contributed by atoms with E-state index in [1.807, 2.05) is 61.3 Å². The summed E-state index contributed by atoms with van der Waals surface area (Å²) in [7, 11) is 0. The lowest BCUT2D eigenvalue weighted by Gasteiger charge is -2.30. The number of rotatable bonds is 10. The number of para-hydroxylation sites is 2. The Balaban J connectivity index is 1.52. The average molecular weight is 511 g/mol. The number of H-pyrrole nitrogens is 1. The lowest BCUT2D eigenvalue weighted by atomic mass is 10.1. The molecule has 0 aliphatic heterocycles. The highest BCUT2D eigenvalue weighted by Crippen LogP contribution is 2.20. The van der Waals surface area contributed by atoms with Crippen LogP contribution in [0.5, 0.6) is 0 Å². The van der Waals surface area contributed by atoms with Gasteiger partial charge in [-0.05, 0) is 62.4 Å². The first-order valence-corrected chi connectivity index (χ1v) is 13.4. The fraction of sp³-hybridized carbons (Fsp3) is 0.312. The van der Waals surface area contributed by atoms with Gasteiger partial charge < -0.3 is 20.1 Å². The van der Waals surface area contributed by atoms with Crippen LogP contribution in [-0.4, -0.2) is 45.9 Å². The average Bonchev–Trinajstić information content (AvgIpc) is 3.33. The predicted molar refractivity (Wildman–Crippen MR) is 155 cm³/mol. The Hall–Kier alpha value is -4.06. The Labute approximate surface area is 225 Å². The summed E-state index contributed by atoms with van der Waals surface area (Å²) in [6, 6.07) is 23.9. The molecule has 0 aliphatic carbocycles. The number of aryl methyl sites for hydroxylation is 2. The maximum atomic E-state index is 13.7. The molecule has 3 amide bonds. The lowest BCUT2D eigenvalue weighted by Crippen LogP contribution is -2.47. The predicted octanol–water partition coefficient (Wildman–Crippen LogP) is 6.55. The van der Waals surface area contributed by atoms with Gasteiger partial charge in [-0.2, -0.15) is 0 Å². The van der Waals surface area contributed by atoms with Crippen LogP contribution in [0, 0.1) is 6.92 Å². The van der Waals surface area contributed by atoms with Crippen molar-refractivity contribution in [2.24, 2.45) is 0 Å². The van der Waals surface area contributed by atoms with Crippen LogP contribution >= 0.6 is 0 Å². The maximum absolute atomic E-state index is 13.7. The molecule has 0 fully saturated rings. The van der Waals surface area contributed by atoms with Gasteiger partial charge in [0.2, 0.25) is 5.91 Å². The second-order valence-electron chi connectivity index (χ2n) is 10.1. The highest BCUT2D eigenvalue weighted by Gasteiger charge is 2.24. The van der Waals surface area contributed by atoms with E-state index < -0.39 is 0 Å². The number of nitrogens with zero attached hydrogens (tertiary/aromatic N) is 2. The maximum Gasteiger partial charge on any atom is 0.322 e. The molecule has 4 aromatic rings. The van der Waals surface area contributed by atoms with Crippen molar-refractivity contribution in [1.82, 2.24) is 14.8 Å². The van der Waals surface area contributed by atoms with E-state index in [4.69, 9.17) is 0 Å². The van der Waals surface area contributed by atoms with E-state index in [0.717, 1.165) is 35.2 Å². The molecule has 1 aromatic heterocycles. The number of aromatic nitrogens is 1. The molecule has 6 heteroatoms. The van der Waals surface area contributed by atoms with E-state index in [1.165, 1.54) is 16.5 Å². The number of benzene rings is 3. The fourth-order valence-corrected chi connectivity index (χ4v) is 4.67. The standard InChI is InChI=1S/C32H38N4O2/c1-5-26-10-6-8-12-29(26)34-32(38)36(23(2)3)22-31(37)35(21-25-16-14-24(4)15-17-25)19-18-27-20-33-30-13-9-7-11-28(27)30/h6-17,20,23,33H,5,18-19,21-22H2,1-4H3,(H,34,38). The first-order valence-electron chi connectivity index (χ1n) is 13.4. The highest BCUT2D eigenvalue weighted by molar-refractivity contribution is 5.93. The number of amides is 3. The van der Waals surface area contributed by atoms with Gasteiger partial charge in [0, 0.05) is 41.9 Å². The third-order valence-electron chi connectivity index (χ3n) is 7.00. The van der Waals surface area contributed by atoms with E-state index >= 15 is 0 Å². The molecule has 0 spiro atoms. The summed E-state index contributed by atoms with van der Waals surface area (Å²) in [5.74, 6) is -0.0713. The smallest absolute Gasteiger partial charge is 0.322 e. The van der Waals surface area contributed by atoms with Crippen LogP contribution in [0.1, 0.15) is 43.0 Å². The van der Waals surface area contributed by atoms with Gasteiger partial charge in [0.25, 0.3) is 0 Å². The minimum Gasteiger partial charge on any atom is -0.361 e. The summed E-state index contributed by atoms with van der Waals surface area (Å²) in [5, 5.41) is 4.20. The number of aromatic amines is 1. The summed E-state index contributed by atoms with van der Waals surface area (Å²) in [5.41, 5.74) is 6.37. The number of urea groups is 1. The van der Waals surface area contributed by atoms with Crippen molar-refractivity contribution in [3.05, 3.63) is 101 Å². The second kappa shape index (κ2) is 12.5. The zero-order chi connectivity index (χ0) is 27.1. The third-order valence-corrected chi connectivity index (χ3v) is 7.00. The van der Waals surface area contributed by atoms with Crippen LogP contribution < -0.4 is 5.32 Å². The molecule has 4 rings (SSSR count). The van der Waals surface area contributed by atoms with Crippen molar-refractivity contribution in [3.63, 3.8) is 0 Å². The topological polar surface area (TPSA) is 68.4 Å². The molecule has 1 heterocycles. The van der Waals surface area contributed by atoms with Crippen molar-refractivity contribution in [3.8, 4) is 0 Å². The molecule has 0 saturated carbocycles. The van der Waals surface area contributed by atoms with Gasteiger partial charge in [-0.3, -0.25) is 4.79 Å². The van der Waals surface area contributed by atoms with Gasteiger partial charge >= 0.3 is 6.03 Å². The Kier molecular flexibility index (Phi) is 8.85. The molecule has 0 atom stereocenters. The van der Waals surface area contributed by atoms with E-state index in [0.29, 0.717) is 13.1 Å². The van der Waals surface area contributed by atoms with Crippen LogP contribution in [0.2, 0.25) is 0 Å². The number of nitrogens with one attached hydrogen (secondary N) is 2. The van der Waals surface area contributed by atoms with Crippen molar-refractivity contribution in [2.75, 3.05) is 18.4 Å². The van der Waals surface area contributed by atoms with Crippen molar-refractivity contribution in [2.45, 2.75) is 53.1 Å². The SMILES string of the molecule is CCc1ccccc1NC(=O)N(CC(=O)N(CCc1c[nH]c2ccccc12)Cc1ccc(C)cc1)C(C)C. The molecular formula is C32H38N4O2. The summed E-state index contributed by atoms with van der Waals surface area (Å²) >= 11 is 0. The summed E-state index contributed by atoms with van der Waals surface area (Å²) < 4.78 is 0. The minimum atomic E-state index is -0.263. The largest absolute Gasteiger partial charge is 0.361 e. The number of fused-ring (bicyclic) bond motifs is 1. The van der Waals surface area contributed by atoms with E-state index in [2.05, 4.69) is 60.5 Å². The Morgan fingerprint density at radius 3 is 2.37 bits per heavy atom. The van der Waals surface area contributed by atoms with Crippen LogP contribution in [-0.2, 0) is 24.2 Å². The molecule has 0 radical (unpaired) electrons. The first kappa shape index (κ1) is 27.0. The van der Waals surface area contributed by atoms with Crippen molar-refractivity contribution < 1.29 is 9.59 Å². The summed E-state index contributed by atoms with van der Waals surface area (Å²) in [6.45, 7) is 9.06. The molecule has 0 saturated heterocycles. The van der Waals surface area contributed by atoms with Crippen LogP contribution in [0.4, 0.5) is 10.5 Å². The van der Waals surface area contributed by atoms with Gasteiger partial charge in [0.1, 0.15) is 6.54 Å². The first-order chi connectivity index (χ1) is 18.4. The number of hydrogen-bond acceptors (Lipinski definition) is 2. The van der Waals surface area contributed by atoms with Crippen LogP contribution in [0.15, 0.2) is 79.0 Å². The molecule has 0 bridgehead atoms. The Morgan fingerprint density at radius 2 is 1.63 bits per heavy atom. The Morgan fingerprint density at radius 1 is 0.921 bits per heavy atom.